The standard InChI is InChI=1S/C21H15ClFN3O4S/c1-12-24-19-10-13(6-9-20(19)30-12)25-21(27)15-11-14(7-8-16(15)22)31(28,29)26-18-5-3-2-4-17(18)23/h2-11,26H,1H3,(H,25,27). The highest BCUT2D eigenvalue weighted by atomic mass is 35.5. The minimum atomic E-state index is -4.16. The molecule has 7 nitrogen and oxygen atoms in total. The van der Waals surface area contributed by atoms with E-state index in [9.17, 15) is 17.6 Å². The maximum absolute atomic E-state index is 13.8. The van der Waals surface area contributed by atoms with Gasteiger partial charge in [-0.1, -0.05) is 23.7 Å². The zero-order valence-electron chi connectivity index (χ0n) is 16.0. The molecule has 1 heterocycles. The first-order valence-electron chi connectivity index (χ1n) is 8.98. The van der Waals surface area contributed by atoms with Crippen molar-refractivity contribution in [3.05, 3.63) is 83.0 Å². The number of para-hydroxylation sites is 1. The van der Waals surface area contributed by atoms with Gasteiger partial charge in [-0.2, -0.15) is 0 Å². The zero-order valence-corrected chi connectivity index (χ0v) is 17.6. The van der Waals surface area contributed by atoms with Crippen molar-refractivity contribution in [3.8, 4) is 0 Å². The fourth-order valence-corrected chi connectivity index (χ4v) is 4.21. The molecule has 0 saturated carbocycles. The number of nitrogens with one attached hydrogen (secondary N) is 2. The quantitative estimate of drug-likeness (QED) is 0.438. The molecule has 2 N–H and O–H groups in total. The molecular weight excluding hydrogens is 445 g/mol. The van der Waals surface area contributed by atoms with Crippen LogP contribution in [0.2, 0.25) is 5.02 Å². The van der Waals surface area contributed by atoms with Crippen LogP contribution >= 0.6 is 11.6 Å². The van der Waals surface area contributed by atoms with Crippen LogP contribution in [0, 0.1) is 12.7 Å². The molecule has 1 amide bonds. The number of anilines is 2. The summed E-state index contributed by atoms with van der Waals surface area (Å²) in [6.45, 7) is 1.71. The lowest BCUT2D eigenvalue weighted by molar-refractivity contribution is 0.102. The zero-order chi connectivity index (χ0) is 22.2. The summed E-state index contributed by atoms with van der Waals surface area (Å²) in [5, 5.41) is 2.71. The second-order valence-corrected chi connectivity index (χ2v) is 8.69. The normalized spacial score (nSPS) is 11.5. The third kappa shape index (κ3) is 4.37. The van der Waals surface area contributed by atoms with Crippen LogP contribution in [0.5, 0.6) is 0 Å². The van der Waals surface area contributed by atoms with E-state index in [0.29, 0.717) is 22.7 Å². The SMILES string of the molecule is Cc1nc2cc(NC(=O)c3cc(S(=O)(=O)Nc4ccccc4F)ccc3Cl)ccc2o1. The van der Waals surface area contributed by atoms with E-state index in [-0.39, 0.29) is 21.2 Å². The van der Waals surface area contributed by atoms with Crippen molar-refractivity contribution in [2.24, 2.45) is 0 Å². The van der Waals surface area contributed by atoms with Crippen LogP contribution in [-0.4, -0.2) is 19.3 Å². The second-order valence-electron chi connectivity index (χ2n) is 6.60. The lowest BCUT2D eigenvalue weighted by Gasteiger charge is -2.11. The van der Waals surface area contributed by atoms with Gasteiger partial charge in [-0.15, -0.1) is 0 Å². The average Bonchev–Trinajstić information content (AvgIpc) is 3.09. The van der Waals surface area contributed by atoms with E-state index in [1.807, 2.05) is 0 Å². The van der Waals surface area contributed by atoms with E-state index in [1.54, 1.807) is 25.1 Å². The highest BCUT2D eigenvalue weighted by Gasteiger charge is 2.20. The van der Waals surface area contributed by atoms with E-state index >= 15 is 0 Å². The summed E-state index contributed by atoms with van der Waals surface area (Å²) in [6.07, 6.45) is 0. The minimum absolute atomic E-state index is 0.0562. The molecule has 0 atom stereocenters. The number of hydrogen-bond acceptors (Lipinski definition) is 5. The molecule has 0 bridgehead atoms. The predicted molar refractivity (Wildman–Crippen MR) is 115 cm³/mol. The van der Waals surface area contributed by atoms with Crippen LogP contribution in [0.15, 0.2) is 70.0 Å². The number of rotatable bonds is 5. The largest absolute Gasteiger partial charge is 0.441 e. The topological polar surface area (TPSA) is 101 Å². The van der Waals surface area contributed by atoms with Gasteiger partial charge in [0.15, 0.2) is 11.5 Å². The molecule has 4 aromatic rings. The van der Waals surface area contributed by atoms with Gasteiger partial charge in [-0.3, -0.25) is 9.52 Å². The van der Waals surface area contributed by atoms with Gasteiger partial charge in [0.05, 0.1) is 21.2 Å². The Morgan fingerprint density at radius 2 is 1.87 bits per heavy atom. The molecule has 0 aliphatic heterocycles. The summed E-state index contributed by atoms with van der Waals surface area (Å²) in [7, 11) is -4.16. The maximum Gasteiger partial charge on any atom is 0.262 e. The Kier molecular flexibility index (Phi) is 5.38. The van der Waals surface area contributed by atoms with Crippen molar-refractivity contribution >= 4 is 50.0 Å². The van der Waals surface area contributed by atoms with Gasteiger partial charge in [0, 0.05) is 12.6 Å². The highest BCUT2D eigenvalue weighted by molar-refractivity contribution is 7.92. The number of fused-ring (bicyclic) bond motifs is 1. The fourth-order valence-electron chi connectivity index (χ4n) is 2.91. The molecule has 1 aromatic heterocycles. The molecule has 0 radical (unpaired) electrons. The van der Waals surface area contributed by atoms with Crippen molar-refractivity contribution in [1.82, 2.24) is 4.98 Å². The van der Waals surface area contributed by atoms with Crippen molar-refractivity contribution < 1.29 is 22.0 Å². The van der Waals surface area contributed by atoms with Gasteiger partial charge in [-0.05, 0) is 48.5 Å². The molecule has 158 valence electrons. The molecule has 3 aromatic carbocycles. The Balaban J connectivity index is 1.61. The summed E-state index contributed by atoms with van der Waals surface area (Å²) in [4.78, 5) is 16.7. The van der Waals surface area contributed by atoms with Crippen LogP contribution in [0.1, 0.15) is 16.2 Å². The van der Waals surface area contributed by atoms with Crippen LogP contribution < -0.4 is 10.0 Å². The van der Waals surface area contributed by atoms with Gasteiger partial charge < -0.3 is 9.73 Å². The molecule has 0 fully saturated rings. The maximum atomic E-state index is 13.8. The third-order valence-electron chi connectivity index (χ3n) is 4.36. The molecule has 0 saturated heterocycles. The van der Waals surface area contributed by atoms with Crippen molar-refractivity contribution in [2.45, 2.75) is 11.8 Å². The van der Waals surface area contributed by atoms with E-state index in [1.165, 1.54) is 30.3 Å². The summed E-state index contributed by atoms with van der Waals surface area (Å²) in [6, 6.07) is 13.9. The van der Waals surface area contributed by atoms with Crippen LogP contribution in [0.25, 0.3) is 11.1 Å². The Labute approximate surface area is 181 Å². The van der Waals surface area contributed by atoms with Gasteiger partial charge in [0.2, 0.25) is 0 Å². The number of carbonyl (C=O) groups is 1. The monoisotopic (exact) mass is 459 g/mol. The van der Waals surface area contributed by atoms with Gasteiger partial charge in [0.1, 0.15) is 11.3 Å². The average molecular weight is 460 g/mol. The lowest BCUT2D eigenvalue weighted by atomic mass is 10.2. The Morgan fingerprint density at radius 3 is 2.65 bits per heavy atom. The van der Waals surface area contributed by atoms with Crippen LogP contribution in [0.4, 0.5) is 15.8 Å². The lowest BCUT2D eigenvalue weighted by Crippen LogP contribution is -2.17. The first-order valence-corrected chi connectivity index (χ1v) is 10.8. The molecular formula is C21H15ClFN3O4S. The smallest absolute Gasteiger partial charge is 0.262 e. The Hall–Kier alpha value is -3.43. The van der Waals surface area contributed by atoms with Crippen molar-refractivity contribution in [2.75, 3.05) is 10.0 Å². The summed E-state index contributed by atoms with van der Waals surface area (Å²) < 4.78 is 46.8. The Morgan fingerprint density at radius 1 is 1.10 bits per heavy atom. The minimum Gasteiger partial charge on any atom is -0.441 e. The van der Waals surface area contributed by atoms with Gasteiger partial charge >= 0.3 is 0 Å². The summed E-state index contributed by atoms with van der Waals surface area (Å²) in [5.74, 6) is -0.856. The molecule has 4 rings (SSSR count). The van der Waals surface area contributed by atoms with Gasteiger partial charge in [0.25, 0.3) is 15.9 Å². The second kappa shape index (κ2) is 8.01. The molecule has 0 aliphatic carbocycles. The van der Waals surface area contributed by atoms with Gasteiger partial charge in [-0.25, -0.2) is 17.8 Å². The first kappa shape index (κ1) is 20.8. The highest BCUT2D eigenvalue weighted by Crippen LogP contribution is 2.25. The Bertz CT molecular complexity index is 1420. The number of sulfonamides is 1. The van der Waals surface area contributed by atoms with Crippen LogP contribution in [-0.2, 0) is 10.0 Å². The number of halogens is 2. The van der Waals surface area contributed by atoms with Crippen molar-refractivity contribution in [1.29, 1.82) is 0 Å². The predicted octanol–water partition coefficient (Wildman–Crippen LogP) is 4.98. The molecule has 0 spiro atoms. The number of oxazole rings is 1. The molecule has 0 aliphatic rings. The number of carbonyl (C=O) groups excluding carboxylic acids is 1. The molecule has 0 unspecified atom stereocenters. The molecule has 31 heavy (non-hydrogen) atoms. The molecule has 10 heteroatoms. The van der Waals surface area contributed by atoms with E-state index in [0.717, 1.165) is 12.1 Å². The number of amides is 1. The number of hydrogen-bond donors (Lipinski definition) is 2. The number of nitrogens with zero attached hydrogens (tertiary/aromatic N) is 1. The van der Waals surface area contributed by atoms with E-state index in [2.05, 4.69) is 15.0 Å². The number of benzene rings is 3. The summed E-state index contributed by atoms with van der Waals surface area (Å²) >= 11 is 6.13. The van der Waals surface area contributed by atoms with E-state index < -0.39 is 21.7 Å². The van der Waals surface area contributed by atoms with Crippen molar-refractivity contribution in [3.63, 3.8) is 0 Å². The van der Waals surface area contributed by atoms with Crippen LogP contribution in [0.3, 0.4) is 0 Å². The number of aryl methyl sites for hydroxylation is 1. The summed E-state index contributed by atoms with van der Waals surface area (Å²) in [5.41, 5.74) is 1.29. The third-order valence-corrected chi connectivity index (χ3v) is 6.06. The van der Waals surface area contributed by atoms with E-state index in [4.69, 9.17) is 16.0 Å². The first-order chi connectivity index (χ1) is 14.7. The fraction of sp³-hybridized carbons (Fsp3) is 0.0476. The number of aromatic nitrogens is 1.